The minimum absolute atomic E-state index is 0.245. The van der Waals surface area contributed by atoms with Crippen LogP contribution < -0.4 is 0 Å². The van der Waals surface area contributed by atoms with Crippen molar-refractivity contribution in [2.45, 2.75) is 71.8 Å². The maximum atomic E-state index is 13.1. The number of carbonyl (C=O) groups excluding carboxylic acids is 1. The zero-order chi connectivity index (χ0) is 20.0. The van der Waals surface area contributed by atoms with E-state index in [2.05, 4.69) is 39.5 Å². The molecule has 0 aromatic carbocycles. The van der Waals surface area contributed by atoms with Crippen molar-refractivity contribution >= 4 is 5.78 Å². The number of hydrogen-bond donors (Lipinski definition) is 1. The molecule has 0 amide bonds. The summed E-state index contributed by atoms with van der Waals surface area (Å²) in [6.45, 7) is 10.9. The highest BCUT2D eigenvalue weighted by atomic mass is 16.3. The van der Waals surface area contributed by atoms with Crippen molar-refractivity contribution in [3.05, 3.63) is 47.1 Å². The maximum Gasteiger partial charge on any atom is 0.182 e. The highest BCUT2D eigenvalue weighted by Crippen LogP contribution is 2.55. The number of allylic oxidation sites excluding steroid dienone is 6. The van der Waals surface area contributed by atoms with Crippen LogP contribution in [0.5, 0.6) is 0 Å². The topological polar surface area (TPSA) is 37.3 Å². The Bertz CT molecular complexity index is 750. The molecule has 4 aliphatic rings. The normalized spacial score (nSPS) is 36.2. The van der Waals surface area contributed by atoms with Crippen LogP contribution in [0.2, 0.25) is 0 Å². The van der Waals surface area contributed by atoms with Gasteiger partial charge in [-0.15, -0.1) is 0 Å². The SMILES string of the molecule is C=C(/C=C/C(C)C1CCC2=C3C(=O)C=C4CC(O)CCC4C3CCC21)C(C)C. The molecule has 2 nitrogen and oxygen atoms in total. The zero-order valence-electron chi connectivity index (χ0n) is 17.8. The molecule has 0 spiro atoms. The van der Waals surface area contributed by atoms with Crippen LogP contribution in [0.25, 0.3) is 0 Å². The van der Waals surface area contributed by atoms with Gasteiger partial charge in [-0.25, -0.2) is 0 Å². The molecule has 1 N–H and O–H groups in total. The number of aliphatic hydroxyl groups is 1. The highest BCUT2D eigenvalue weighted by Gasteiger charge is 2.46. The Balaban J connectivity index is 1.57. The quantitative estimate of drug-likeness (QED) is 0.626. The van der Waals surface area contributed by atoms with E-state index in [-0.39, 0.29) is 11.9 Å². The van der Waals surface area contributed by atoms with Gasteiger partial charge in [0.05, 0.1) is 6.10 Å². The fraction of sp³-hybridized carbons (Fsp3) is 0.654. The lowest BCUT2D eigenvalue weighted by Gasteiger charge is -2.43. The average Bonchev–Trinajstić information content (AvgIpc) is 3.09. The molecule has 28 heavy (non-hydrogen) atoms. The van der Waals surface area contributed by atoms with Gasteiger partial charge in [0, 0.05) is 5.57 Å². The summed E-state index contributed by atoms with van der Waals surface area (Å²) >= 11 is 0. The molecular formula is C26H36O2. The van der Waals surface area contributed by atoms with Gasteiger partial charge >= 0.3 is 0 Å². The van der Waals surface area contributed by atoms with Gasteiger partial charge in [-0.3, -0.25) is 4.79 Å². The molecule has 0 radical (unpaired) electrons. The number of ketones is 1. The summed E-state index contributed by atoms with van der Waals surface area (Å²) in [4.78, 5) is 13.1. The third kappa shape index (κ3) is 3.49. The number of carbonyl (C=O) groups is 1. The smallest absolute Gasteiger partial charge is 0.182 e. The van der Waals surface area contributed by atoms with Crippen LogP contribution in [0.4, 0.5) is 0 Å². The molecule has 2 fully saturated rings. The molecule has 0 saturated heterocycles. The molecule has 0 aromatic heterocycles. The van der Waals surface area contributed by atoms with E-state index in [1.807, 2.05) is 6.08 Å². The highest BCUT2D eigenvalue weighted by molar-refractivity contribution is 6.06. The second-order valence-electron chi connectivity index (χ2n) is 10.0. The van der Waals surface area contributed by atoms with Crippen LogP contribution in [-0.2, 0) is 4.79 Å². The Morgan fingerprint density at radius 2 is 1.82 bits per heavy atom. The summed E-state index contributed by atoms with van der Waals surface area (Å²) in [5.41, 5.74) is 5.11. The van der Waals surface area contributed by atoms with E-state index < -0.39 is 0 Å². The van der Waals surface area contributed by atoms with Crippen molar-refractivity contribution in [3.63, 3.8) is 0 Å². The second-order valence-corrected chi connectivity index (χ2v) is 10.0. The van der Waals surface area contributed by atoms with Gasteiger partial charge in [0.1, 0.15) is 0 Å². The van der Waals surface area contributed by atoms with Crippen LogP contribution in [0, 0.1) is 35.5 Å². The molecule has 4 rings (SSSR count). The van der Waals surface area contributed by atoms with Crippen LogP contribution in [0.15, 0.2) is 47.1 Å². The van der Waals surface area contributed by atoms with Crippen molar-refractivity contribution in [3.8, 4) is 0 Å². The zero-order valence-corrected chi connectivity index (χ0v) is 17.8. The van der Waals surface area contributed by atoms with Crippen LogP contribution in [-0.4, -0.2) is 17.0 Å². The van der Waals surface area contributed by atoms with Crippen molar-refractivity contribution in [1.29, 1.82) is 0 Å². The molecular weight excluding hydrogens is 344 g/mol. The van der Waals surface area contributed by atoms with Gasteiger partial charge in [0.15, 0.2) is 5.78 Å². The summed E-state index contributed by atoms with van der Waals surface area (Å²) in [6, 6.07) is 0. The van der Waals surface area contributed by atoms with Crippen molar-refractivity contribution in [2.24, 2.45) is 35.5 Å². The van der Waals surface area contributed by atoms with Crippen molar-refractivity contribution < 1.29 is 9.90 Å². The Morgan fingerprint density at radius 3 is 2.57 bits per heavy atom. The fourth-order valence-electron chi connectivity index (χ4n) is 6.37. The Hall–Kier alpha value is -1.41. The van der Waals surface area contributed by atoms with Gasteiger partial charge in [-0.05, 0) is 86.5 Å². The lowest BCUT2D eigenvalue weighted by molar-refractivity contribution is -0.112. The standard InChI is InChI=1S/C26H36O2/c1-15(2)16(3)5-6-17(4)20-9-11-24-22(20)10-12-23-21-8-7-19(27)13-18(21)14-25(28)26(23)24/h5-6,14-15,17,19-23,27H,3,7-13H2,1-2,4H3/b6-5+. The first-order valence-electron chi connectivity index (χ1n) is 11.4. The van der Waals surface area contributed by atoms with Gasteiger partial charge in [0.2, 0.25) is 0 Å². The first kappa shape index (κ1) is 19.9. The van der Waals surface area contributed by atoms with Crippen LogP contribution in [0.3, 0.4) is 0 Å². The minimum Gasteiger partial charge on any atom is -0.393 e. The molecule has 0 bridgehead atoms. The predicted molar refractivity (Wildman–Crippen MR) is 115 cm³/mol. The van der Waals surface area contributed by atoms with E-state index in [1.54, 1.807) is 0 Å². The number of hydrogen-bond acceptors (Lipinski definition) is 2. The maximum absolute atomic E-state index is 13.1. The number of rotatable bonds is 4. The molecule has 2 heteroatoms. The van der Waals surface area contributed by atoms with E-state index in [9.17, 15) is 9.90 Å². The fourth-order valence-corrected chi connectivity index (χ4v) is 6.37. The summed E-state index contributed by atoms with van der Waals surface area (Å²) in [7, 11) is 0. The van der Waals surface area contributed by atoms with E-state index in [1.165, 1.54) is 35.1 Å². The minimum atomic E-state index is -0.245. The van der Waals surface area contributed by atoms with Gasteiger partial charge in [-0.1, -0.05) is 56.2 Å². The third-order valence-corrected chi connectivity index (χ3v) is 8.07. The summed E-state index contributed by atoms with van der Waals surface area (Å²) in [5, 5.41) is 10.0. The predicted octanol–water partition coefficient (Wildman–Crippen LogP) is 5.79. The summed E-state index contributed by atoms with van der Waals surface area (Å²) < 4.78 is 0. The summed E-state index contributed by atoms with van der Waals surface area (Å²) in [5.74, 6) is 3.48. The lowest BCUT2D eigenvalue weighted by Crippen LogP contribution is -2.37. The second kappa shape index (κ2) is 7.78. The Morgan fingerprint density at radius 1 is 1.11 bits per heavy atom. The Kier molecular flexibility index (Phi) is 5.53. The third-order valence-electron chi connectivity index (χ3n) is 8.07. The lowest BCUT2D eigenvalue weighted by atomic mass is 9.61. The van der Waals surface area contributed by atoms with Crippen molar-refractivity contribution in [2.75, 3.05) is 0 Å². The number of aliphatic hydroxyl groups excluding tert-OH is 1. The number of fused-ring (bicyclic) bond motifs is 4. The molecule has 152 valence electrons. The van der Waals surface area contributed by atoms with Crippen LogP contribution in [0.1, 0.15) is 65.7 Å². The van der Waals surface area contributed by atoms with Crippen molar-refractivity contribution in [1.82, 2.24) is 0 Å². The van der Waals surface area contributed by atoms with E-state index in [0.29, 0.717) is 41.9 Å². The van der Waals surface area contributed by atoms with E-state index in [4.69, 9.17) is 0 Å². The Labute approximate surface area is 170 Å². The summed E-state index contributed by atoms with van der Waals surface area (Å²) in [6.07, 6.45) is 13.6. The molecule has 6 unspecified atom stereocenters. The van der Waals surface area contributed by atoms with E-state index in [0.717, 1.165) is 25.7 Å². The molecule has 0 heterocycles. The van der Waals surface area contributed by atoms with Gasteiger partial charge in [-0.2, -0.15) is 0 Å². The molecule has 6 atom stereocenters. The monoisotopic (exact) mass is 380 g/mol. The molecule has 0 aromatic rings. The molecule has 4 aliphatic carbocycles. The first-order valence-corrected chi connectivity index (χ1v) is 11.4. The average molecular weight is 381 g/mol. The van der Waals surface area contributed by atoms with Crippen LogP contribution >= 0.6 is 0 Å². The van der Waals surface area contributed by atoms with Gasteiger partial charge < -0.3 is 5.11 Å². The molecule has 2 saturated carbocycles. The first-order chi connectivity index (χ1) is 13.4. The molecule has 0 aliphatic heterocycles. The largest absolute Gasteiger partial charge is 0.393 e. The van der Waals surface area contributed by atoms with E-state index >= 15 is 0 Å². The van der Waals surface area contributed by atoms with Gasteiger partial charge in [0.25, 0.3) is 0 Å².